The van der Waals surface area contributed by atoms with Gasteiger partial charge >= 0.3 is 0 Å². The van der Waals surface area contributed by atoms with E-state index in [0.29, 0.717) is 26.5 Å². The zero-order valence-corrected chi connectivity index (χ0v) is 14.1. The Hall–Kier alpha value is -1.24. The molecule has 3 rings (SSSR count). The van der Waals surface area contributed by atoms with Crippen LogP contribution in [0.2, 0.25) is 10.0 Å². The Morgan fingerprint density at radius 2 is 1.90 bits per heavy atom. The fourth-order valence-electron chi connectivity index (χ4n) is 2.18. The van der Waals surface area contributed by atoms with Gasteiger partial charge in [0, 0.05) is 14.0 Å². The summed E-state index contributed by atoms with van der Waals surface area (Å²) < 4.78 is 0.793. The Labute approximate surface area is 143 Å². The standard InChI is InChI=1S/C15H8Cl2INO2/c16-8-3-1-2-7(4-8)13-14(20)9-5-11(18)10(17)6-12(9)19-15(13)21/h1-6H,(H2,19,20,21). The molecule has 0 atom stereocenters. The minimum atomic E-state index is -0.389. The second-order valence-corrected chi connectivity index (χ2v) is 6.51. The molecule has 0 amide bonds. The Morgan fingerprint density at radius 3 is 2.62 bits per heavy atom. The van der Waals surface area contributed by atoms with E-state index in [1.807, 2.05) is 0 Å². The number of halogens is 3. The number of aromatic amines is 1. The van der Waals surface area contributed by atoms with Crippen LogP contribution in [0.4, 0.5) is 0 Å². The normalized spacial score (nSPS) is 11.0. The van der Waals surface area contributed by atoms with E-state index in [-0.39, 0.29) is 16.9 Å². The zero-order chi connectivity index (χ0) is 15.1. The molecule has 0 fully saturated rings. The minimum absolute atomic E-state index is 0.0781. The number of rotatable bonds is 1. The second-order valence-electron chi connectivity index (χ2n) is 4.50. The van der Waals surface area contributed by atoms with Gasteiger partial charge in [0.15, 0.2) is 0 Å². The Kier molecular flexibility index (Phi) is 3.86. The SMILES string of the molecule is O=c1[nH]c2cc(Cl)c(I)cc2c(O)c1-c1cccc(Cl)c1. The van der Waals surface area contributed by atoms with Crippen molar-refractivity contribution in [3.63, 3.8) is 0 Å². The summed E-state index contributed by atoms with van der Waals surface area (Å²) in [5.74, 6) is -0.0781. The van der Waals surface area contributed by atoms with E-state index >= 15 is 0 Å². The molecule has 0 saturated heterocycles. The lowest BCUT2D eigenvalue weighted by Gasteiger charge is -2.09. The van der Waals surface area contributed by atoms with Crippen molar-refractivity contribution in [2.75, 3.05) is 0 Å². The molecule has 0 spiro atoms. The van der Waals surface area contributed by atoms with Crippen LogP contribution in [0, 0.1) is 3.57 Å². The number of aromatic hydroxyl groups is 1. The van der Waals surface area contributed by atoms with Crippen LogP contribution in [0.5, 0.6) is 5.75 Å². The van der Waals surface area contributed by atoms with Crippen molar-refractivity contribution in [1.82, 2.24) is 4.98 Å². The molecule has 3 aromatic rings. The number of fused-ring (bicyclic) bond motifs is 1. The van der Waals surface area contributed by atoms with Gasteiger partial charge in [0.25, 0.3) is 5.56 Å². The maximum absolute atomic E-state index is 12.3. The molecule has 2 aromatic carbocycles. The van der Waals surface area contributed by atoms with Crippen molar-refractivity contribution in [3.05, 3.63) is 60.4 Å². The summed E-state index contributed by atoms with van der Waals surface area (Å²) in [5, 5.41) is 12.0. The van der Waals surface area contributed by atoms with E-state index < -0.39 is 0 Å². The first-order chi connectivity index (χ1) is 9.97. The van der Waals surface area contributed by atoms with Gasteiger partial charge in [0.1, 0.15) is 5.75 Å². The smallest absolute Gasteiger partial charge is 0.260 e. The van der Waals surface area contributed by atoms with Crippen LogP contribution in [0.15, 0.2) is 41.2 Å². The molecule has 0 bridgehead atoms. The van der Waals surface area contributed by atoms with E-state index in [1.54, 1.807) is 36.4 Å². The van der Waals surface area contributed by atoms with Crippen molar-refractivity contribution in [2.24, 2.45) is 0 Å². The Balaban J connectivity index is 2.39. The molecule has 1 aromatic heterocycles. The van der Waals surface area contributed by atoms with Crippen LogP contribution in [0.1, 0.15) is 0 Å². The fraction of sp³-hybridized carbons (Fsp3) is 0. The van der Waals surface area contributed by atoms with Gasteiger partial charge in [-0.25, -0.2) is 0 Å². The molecule has 0 saturated carbocycles. The molecular formula is C15H8Cl2INO2. The maximum atomic E-state index is 12.3. The number of aromatic nitrogens is 1. The Morgan fingerprint density at radius 1 is 1.14 bits per heavy atom. The van der Waals surface area contributed by atoms with E-state index in [2.05, 4.69) is 27.6 Å². The van der Waals surface area contributed by atoms with Crippen LogP contribution in [0.25, 0.3) is 22.0 Å². The lowest BCUT2D eigenvalue weighted by molar-refractivity contribution is 0.482. The van der Waals surface area contributed by atoms with Crippen molar-refractivity contribution < 1.29 is 5.11 Å². The third-order valence-electron chi connectivity index (χ3n) is 3.14. The molecule has 0 unspecified atom stereocenters. The molecule has 6 heteroatoms. The largest absolute Gasteiger partial charge is 0.506 e. The lowest BCUT2D eigenvalue weighted by atomic mass is 10.0. The highest BCUT2D eigenvalue weighted by Gasteiger charge is 2.15. The van der Waals surface area contributed by atoms with Gasteiger partial charge in [-0.3, -0.25) is 4.79 Å². The van der Waals surface area contributed by atoms with Gasteiger partial charge in [-0.1, -0.05) is 35.3 Å². The highest BCUT2D eigenvalue weighted by molar-refractivity contribution is 14.1. The highest BCUT2D eigenvalue weighted by atomic mass is 127. The van der Waals surface area contributed by atoms with Crippen molar-refractivity contribution in [3.8, 4) is 16.9 Å². The summed E-state index contributed by atoms with van der Waals surface area (Å²) in [5.41, 5.74) is 0.865. The monoisotopic (exact) mass is 431 g/mol. The summed E-state index contributed by atoms with van der Waals surface area (Å²) in [7, 11) is 0. The fourth-order valence-corrected chi connectivity index (χ4v) is 3.01. The molecular weight excluding hydrogens is 424 g/mol. The molecule has 2 N–H and O–H groups in total. The minimum Gasteiger partial charge on any atom is -0.506 e. The van der Waals surface area contributed by atoms with Gasteiger partial charge in [-0.2, -0.15) is 0 Å². The van der Waals surface area contributed by atoms with Crippen LogP contribution < -0.4 is 5.56 Å². The molecule has 106 valence electrons. The first kappa shape index (κ1) is 14.7. The van der Waals surface area contributed by atoms with Crippen LogP contribution in [-0.2, 0) is 0 Å². The third-order valence-corrected chi connectivity index (χ3v) is 4.90. The number of H-pyrrole nitrogens is 1. The van der Waals surface area contributed by atoms with Gasteiger partial charge in [0.2, 0.25) is 0 Å². The summed E-state index contributed by atoms with van der Waals surface area (Å²) in [6.07, 6.45) is 0. The second kappa shape index (κ2) is 5.51. The van der Waals surface area contributed by atoms with Crippen LogP contribution in [-0.4, -0.2) is 10.1 Å². The molecule has 0 aliphatic rings. The number of hydrogen-bond donors (Lipinski definition) is 2. The average Bonchev–Trinajstić information content (AvgIpc) is 2.41. The first-order valence-corrected chi connectivity index (χ1v) is 7.81. The number of hydrogen-bond acceptors (Lipinski definition) is 2. The lowest BCUT2D eigenvalue weighted by Crippen LogP contribution is -2.09. The first-order valence-electron chi connectivity index (χ1n) is 5.97. The summed E-state index contributed by atoms with van der Waals surface area (Å²) in [4.78, 5) is 15.0. The van der Waals surface area contributed by atoms with Gasteiger partial charge in [-0.15, -0.1) is 0 Å². The number of nitrogens with one attached hydrogen (secondary N) is 1. The predicted molar refractivity (Wildman–Crippen MR) is 94.4 cm³/mol. The topological polar surface area (TPSA) is 53.1 Å². The molecule has 0 aliphatic carbocycles. The van der Waals surface area contributed by atoms with Crippen LogP contribution in [0.3, 0.4) is 0 Å². The number of benzene rings is 2. The summed E-state index contributed by atoms with van der Waals surface area (Å²) >= 11 is 14.1. The molecule has 21 heavy (non-hydrogen) atoms. The molecule has 0 aliphatic heterocycles. The zero-order valence-electron chi connectivity index (χ0n) is 10.5. The van der Waals surface area contributed by atoms with E-state index in [0.717, 1.165) is 3.57 Å². The van der Waals surface area contributed by atoms with Gasteiger partial charge < -0.3 is 10.1 Å². The van der Waals surface area contributed by atoms with Crippen molar-refractivity contribution >= 4 is 56.7 Å². The number of pyridine rings is 1. The van der Waals surface area contributed by atoms with E-state index in [9.17, 15) is 9.90 Å². The highest BCUT2D eigenvalue weighted by Crippen LogP contribution is 2.35. The molecule has 3 nitrogen and oxygen atoms in total. The Bertz CT molecular complexity index is 921. The molecule has 0 radical (unpaired) electrons. The van der Waals surface area contributed by atoms with Crippen molar-refractivity contribution in [2.45, 2.75) is 0 Å². The van der Waals surface area contributed by atoms with E-state index in [1.165, 1.54) is 0 Å². The quantitative estimate of drug-likeness (QED) is 0.543. The molecule has 1 heterocycles. The summed E-state index contributed by atoms with van der Waals surface area (Å²) in [6, 6.07) is 10.2. The maximum Gasteiger partial charge on any atom is 0.260 e. The van der Waals surface area contributed by atoms with Gasteiger partial charge in [-0.05, 0) is 52.4 Å². The van der Waals surface area contributed by atoms with E-state index in [4.69, 9.17) is 23.2 Å². The van der Waals surface area contributed by atoms with Gasteiger partial charge in [0.05, 0.1) is 16.1 Å². The third kappa shape index (κ3) is 2.63. The summed E-state index contributed by atoms with van der Waals surface area (Å²) in [6.45, 7) is 0. The van der Waals surface area contributed by atoms with Crippen LogP contribution >= 0.6 is 45.8 Å². The predicted octanol–water partition coefficient (Wildman–Crippen LogP) is 4.81. The van der Waals surface area contributed by atoms with Crippen molar-refractivity contribution in [1.29, 1.82) is 0 Å². The average molecular weight is 432 g/mol.